The molecule has 0 spiro atoms. The van der Waals surface area contributed by atoms with Crippen LogP contribution in [0, 0.1) is 5.92 Å². The largest absolute Gasteiger partial charge is 0.486 e. The first-order chi connectivity index (χ1) is 14.0. The lowest BCUT2D eigenvalue weighted by Crippen LogP contribution is -2.37. The molecule has 0 bridgehead atoms. The Morgan fingerprint density at radius 2 is 1.66 bits per heavy atom. The standard InChI is InChI=1S/C20H25NO2.C2H2O4/c1-16(18-10-7-13-21-14-18)23-20-12-6-5-11-19(20)22-15-17-8-3-2-4-9-17;3-1(4)2(5)6/h2-6,8-9,11-12,16,18,21H,7,10,13-15H2,1H3;(H,3,4)(H,5,6)/t16-,18-;/m0./s1. The van der Waals surface area contributed by atoms with Gasteiger partial charge in [-0.3, -0.25) is 0 Å². The first kappa shape index (κ1) is 22.2. The third-order valence-corrected chi connectivity index (χ3v) is 4.58. The summed E-state index contributed by atoms with van der Waals surface area (Å²) in [5.74, 6) is -1.44. The van der Waals surface area contributed by atoms with Crippen molar-refractivity contribution in [2.75, 3.05) is 13.1 Å². The van der Waals surface area contributed by atoms with Crippen molar-refractivity contribution in [2.24, 2.45) is 5.92 Å². The van der Waals surface area contributed by atoms with E-state index in [1.807, 2.05) is 42.5 Å². The van der Waals surface area contributed by atoms with Crippen molar-refractivity contribution in [3.63, 3.8) is 0 Å². The highest BCUT2D eigenvalue weighted by Crippen LogP contribution is 2.30. The zero-order valence-corrected chi connectivity index (χ0v) is 16.4. The molecule has 0 saturated carbocycles. The molecule has 0 aliphatic carbocycles. The van der Waals surface area contributed by atoms with E-state index in [-0.39, 0.29) is 6.10 Å². The minimum atomic E-state index is -1.82. The Morgan fingerprint density at radius 3 is 2.24 bits per heavy atom. The molecule has 1 aliphatic rings. The van der Waals surface area contributed by atoms with Gasteiger partial charge in [-0.2, -0.15) is 0 Å². The smallest absolute Gasteiger partial charge is 0.414 e. The van der Waals surface area contributed by atoms with Crippen molar-refractivity contribution in [1.29, 1.82) is 0 Å². The summed E-state index contributed by atoms with van der Waals surface area (Å²) >= 11 is 0. The molecule has 1 heterocycles. The Morgan fingerprint density at radius 1 is 1.03 bits per heavy atom. The summed E-state index contributed by atoms with van der Waals surface area (Å²) in [5, 5.41) is 18.2. The normalized spacial score (nSPS) is 16.7. The average molecular weight is 401 g/mol. The lowest BCUT2D eigenvalue weighted by molar-refractivity contribution is -0.159. The highest BCUT2D eigenvalue weighted by molar-refractivity contribution is 6.27. The van der Waals surface area contributed by atoms with Gasteiger partial charge in [0.1, 0.15) is 12.7 Å². The number of rotatable bonds is 6. The van der Waals surface area contributed by atoms with Crippen molar-refractivity contribution in [3.05, 3.63) is 60.2 Å². The maximum atomic E-state index is 9.10. The molecule has 1 saturated heterocycles. The Balaban J connectivity index is 0.000000438. The monoisotopic (exact) mass is 401 g/mol. The van der Waals surface area contributed by atoms with E-state index < -0.39 is 11.9 Å². The van der Waals surface area contributed by atoms with Crippen LogP contribution in [-0.4, -0.2) is 41.3 Å². The van der Waals surface area contributed by atoms with Crippen molar-refractivity contribution in [1.82, 2.24) is 5.32 Å². The second-order valence-electron chi connectivity index (χ2n) is 6.76. The van der Waals surface area contributed by atoms with Gasteiger partial charge in [0.25, 0.3) is 0 Å². The summed E-state index contributed by atoms with van der Waals surface area (Å²) < 4.78 is 12.2. The number of piperidine rings is 1. The number of carboxylic acid groups (broad SMARTS) is 2. The van der Waals surface area contributed by atoms with Gasteiger partial charge in [0.05, 0.1) is 0 Å². The van der Waals surface area contributed by atoms with E-state index in [9.17, 15) is 0 Å². The molecule has 156 valence electrons. The topological polar surface area (TPSA) is 105 Å². The number of aliphatic carboxylic acids is 2. The predicted molar refractivity (Wildman–Crippen MR) is 108 cm³/mol. The average Bonchev–Trinajstić information content (AvgIpc) is 2.75. The summed E-state index contributed by atoms with van der Waals surface area (Å²) in [7, 11) is 0. The molecule has 2 aromatic carbocycles. The lowest BCUT2D eigenvalue weighted by atomic mass is 9.94. The van der Waals surface area contributed by atoms with Gasteiger partial charge in [-0.1, -0.05) is 42.5 Å². The van der Waals surface area contributed by atoms with E-state index in [4.69, 9.17) is 29.3 Å². The second kappa shape index (κ2) is 11.7. The van der Waals surface area contributed by atoms with E-state index >= 15 is 0 Å². The van der Waals surface area contributed by atoms with Crippen LogP contribution in [0.3, 0.4) is 0 Å². The number of nitrogens with one attached hydrogen (secondary N) is 1. The number of ether oxygens (including phenoxy) is 2. The fourth-order valence-electron chi connectivity index (χ4n) is 2.98. The van der Waals surface area contributed by atoms with E-state index in [1.54, 1.807) is 0 Å². The zero-order valence-electron chi connectivity index (χ0n) is 16.4. The third-order valence-electron chi connectivity index (χ3n) is 4.58. The number of hydrogen-bond donors (Lipinski definition) is 3. The molecule has 3 N–H and O–H groups in total. The summed E-state index contributed by atoms with van der Waals surface area (Å²) in [5.41, 5.74) is 1.16. The quantitative estimate of drug-likeness (QED) is 0.639. The van der Waals surface area contributed by atoms with Crippen LogP contribution in [0.15, 0.2) is 54.6 Å². The third kappa shape index (κ3) is 7.83. The molecule has 2 atom stereocenters. The molecule has 29 heavy (non-hydrogen) atoms. The van der Waals surface area contributed by atoms with Crippen LogP contribution in [0.5, 0.6) is 11.5 Å². The molecule has 0 unspecified atom stereocenters. The maximum absolute atomic E-state index is 9.10. The second-order valence-corrected chi connectivity index (χ2v) is 6.76. The SMILES string of the molecule is C[C@H](Oc1ccccc1OCc1ccccc1)[C@H]1CCCNC1.O=C(O)C(=O)O. The van der Waals surface area contributed by atoms with Crippen molar-refractivity contribution >= 4 is 11.9 Å². The fourth-order valence-corrected chi connectivity index (χ4v) is 2.98. The van der Waals surface area contributed by atoms with Gasteiger partial charge in [-0.15, -0.1) is 0 Å². The number of carboxylic acids is 2. The first-order valence-corrected chi connectivity index (χ1v) is 9.56. The summed E-state index contributed by atoms with van der Waals surface area (Å²) in [4.78, 5) is 18.2. The van der Waals surface area contributed by atoms with Gasteiger partial charge in [0.15, 0.2) is 11.5 Å². The van der Waals surface area contributed by atoms with Crippen LogP contribution < -0.4 is 14.8 Å². The van der Waals surface area contributed by atoms with Crippen molar-refractivity contribution < 1.29 is 29.3 Å². The molecule has 1 aliphatic heterocycles. The van der Waals surface area contributed by atoms with E-state index in [0.717, 1.165) is 30.2 Å². The van der Waals surface area contributed by atoms with E-state index in [0.29, 0.717) is 12.5 Å². The Hall–Kier alpha value is -3.06. The van der Waals surface area contributed by atoms with Gasteiger partial charge in [0.2, 0.25) is 0 Å². The minimum absolute atomic E-state index is 0.185. The molecule has 2 aromatic rings. The van der Waals surface area contributed by atoms with Crippen LogP contribution in [0.1, 0.15) is 25.3 Å². The zero-order chi connectivity index (χ0) is 21.1. The van der Waals surface area contributed by atoms with Gasteiger partial charge in [-0.05, 0) is 44.0 Å². The molecule has 1 fully saturated rings. The molecule has 0 aromatic heterocycles. The summed E-state index contributed by atoms with van der Waals surface area (Å²) in [6, 6.07) is 18.2. The van der Waals surface area contributed by atoms with E-state index in [2.05, 4.69) is 24.4 Å². The number of para-hydroxylation sites is 2. The molecular weight excluding hydrogens is 374 g/mol. The Kier molecular flexibility index (Phi) is 8.98. The lowest BCUT2D eigenvalue weighted by Gasteiger charge is -2.29. The minimum Gasteiger partial charge on any atom is -0.486 e. The molecular formula is C22H27NO6. The Labute approximate surface area is 170 Å². The van der Waals surface area contributed by atoms with Crippen molar-refractivity contribution in [2.45, 2.75) is 32.5 Å². The highest BCUT2D eigenvalue weighted by Gasteiger charge is 2.22. The van der Waals surface area contributed by atoms with Crippen LogP contribution in [0.2, 0.25) is 0 Å². The van der Waals surface area contributed by atoms with Crippen molar-refractivity contribution in [3.8, 4) is 11.5 Å². The molecule has 0 radical (unpaired) electrons. The van der Waals surface area contributed by atoms with Gasteiger partial charge < -0.3 is 25.0 Å². The van der Waals surface area contributed by atoms with Crippen LogP contribution in [0.4, 0.5) is 0 Å². The fraction of sp³-hybridized carbons (Fsp3) is 0.364. The highest BCUT2D eigenvalue weighted by atomic mass is 16.5. The summed E-state index contributed by atoms with van der Waals surface area (Å²) in [6.07, 6.45) is 2.63. The summed E-state index contributed by atoms with van der Waals surface area (Å²) in [6.45, 7) is 4.88. The molecule has 0 amide bonds. The van der Waals surface area contributed by atoms with E-state index in [1.165, 1.54) is 12.8 Å². The molecule has 3 rings (SSSR count). The number of hydrogen-bond acceptors (Lipinski definition) is 5. The van der Waals surface area contributed by atoms with Crippen LogP contribution in [-0.2, 0) is 16.2 Å². The predicted octanol–water partition coefficient (Wildman–Crippen LogP) is 3.19. The first-order valence-electron chi connectivity index (χ1n) is 9.56. The maximum Gasteiger partial charge on any atom is 0.414 e. The Bertz CT molecular complexity index is 762. The molecule has 7 nitrogen and oxygen atoms in total. The van der Waals surface area contributed by atoms with Gasteiger partial charge in [-0.25, -0.2) is 9.59 Å². The number of benzene rings is 2. The van der Waals surface area contributed by atoms with Crippen LogP contribution in [0.25, 0.3) is 0 Å². The van der Waals surface area contributed by atoms with Gasteiger partial charge in [0, 0.05) is 12.5 Å². The van der Waals surface area contributed by atoms with Gasteiger partial charge >= 0.3 is 11.9 Å². The van der Waals surface area contributed by atoms with Crippen LogP contribution >= 0.6 is 0 Å². The molecule has 7 heteroatoms. The number of carbonyl (C=O) groups is 2.